The Morgan fingerprint density at radius 1 is 1.37 bits per heavy atom. The predicted octanol–water partition coefficient (Wildman–Crippen LogP) is 3.64. The molecule has 0 atom stereocenters. The number of carbonyl (C=O) groups excluding carboxylic acids is 1. The molecule has 1 heterocycles. The first-order chi connectivity index (χ1) is 8.97. The van der Waals surface area contributed by atoms with Crippen molar-refractivity contribution in [3.8, 4) is 0 Å². The lowest BCUT2D eigenvalue weighted by molar-refractivity contribution is 0.102. The quantitative estimate of drug-likeness (QED) is 0.648. The second-order valence-electron chi connectivity index (χ2n) is 3.96. The fraction of sp³-hybridized carbons (Fsp3) is 0.0769. The molecule has 0 saturated heterocycles. The molecule has 1 aromatic heterocycles. The molecule has 0 fully saturated rings. The van der Waals surface area contributed by atoms with Crippen molar-refractivity contribution < 1.29 is 4.79 Å². The van der Waals surface area contributed by atoms with Crippen molar-refractivity contribution in [1.82, 2.24) is 4.98 Å². The molecule has 0 aliphatic heterocycles. The number of halogens is 2. The van der Waals surface area contributed by atoms with Crippen molar-refractivity contribution in [3.63, 3.8) is 0 Å². The van der Waals surface area contributed by atoms with Crippen LogP contribution in [0.4, 0.5) is 11.4 Å². The molecular formula is C13H11BrClN3O. The van der Waals surface area contributed by atoms with Gasteiger partial charge in [0.15, 0.2) is 0 Å². The number of aryl methyl sites for hydroxylation is 1. The largest absolute Gasteiger partial charge is 0.398 e. The molecule has 0 saturated carbocycles. The van der Waals surface area contributed by atoms with Crippen LogP contribution < -0.4 is 11.1 Å². The third-order valence-electron chi connectivity index (χ3n) is 2.56. The molecule has 0 radical (unpaired) electrons. The van der Waals surface area contributed by atoms with Gasteiger partial charge in [-0.15, -0.1) is 0 Å². The highest BCUT2D eigenvalue weighted by atomic mass is 79.9. The minimum absolute atomic E-state index is 0.244. The molecular weight excluding hydrogens is 330 g/mol. The fourth-order valence-corrected chi connectivity index (χ4v) is 1.98. The van der Waals surface area contributed by atoms with E-state index in [9.17, 15) is 4.79 Å². The molecule has 0 spiro atoms. The third kappa shape index (κ3) is 3.24. The van der Waals surface area contributed by atoms with Gasteiger partial charge >= 0.3 is 0 Å². The number of hydrogen-bond donors (Lipinski definition) is 2. The summed E-state index contributed by atoms with van der Waals surface area (Å²) in [5, 5.41) is 3.16. The lowest BCUT2D eigenvalue weighted by atomic mass is 10.2. The number of nitrogens with zero attached hydrogens (tertiary/aromatic N) is 1. The SMILES string of the molecule is Cc1nc(Cl)ccc1NC(=O)c1ccc(Br)c(N)c1. The summed E-state index contributed by atoms with van der Waals surface area (Å²) in [6.45, 7) is 1.78. The normalized spacial score (nSPS) is 10.3. The van der Waals surface area contributed by atoms with Gasteiger partial charge in [0.1, 0.15) is 5.15 Å². The van der Waals surface area contributed by atoms with Gasteiger partial charge in [-0.1, -0.05) is 11.6 Å². The van der Waals surface area contributed by atoms with Gasteiger partial charge in [0.25, 0.3) is 5.91 Å². The van der Waals surface area contributed by atoms with E-state index in [1.54, 1.807) is 37.3 Å². The van der Waals surface area contributed by atoms with Gasteiger partial charge < -0.3 is 11.1 Å². The van der Waals surface area contributed by atoms with Gasteiger partial charge in [-0.25, -0.2) is 4.98 Å². The highest BCUT2D eigenvalue weighted by Crippen LogP contribution is 2.21. The lowest BCUT2D eigenvalue weighted by Crippen LogP contribution is -2.13. The molecule has 19 heavy (non-hydrogen) atoms. The standard InChI is InChI=1S/C13H11BrClN3O/c1-7-11(4-5-12(15)17-7)18-13(19)8-2-3-9(14)10(16)6-8/h2-6H,16H2,1H3,(H,18,19). The maximum Gasteiger partial charge on any atom is 0.255 e. The van der Waals surface area contributed by atoms with Crippen molar-refractivity contribution >= 4 is 44.8 Å². The number of amides is 1. The van der Waals surface area contributed by atoms with Crippen molar-refractivity contribution in [2.45, 2.75) is 6.92 Å². The smallest absolute Gasteiger partial charge is 0.255 e. The molecule has 0 aliphatic rings. The zero-order chi connectivity index (χ0) is 14.0. The molecule has 0 unspecified atom stereocenters. The molecule has 2 aromatic rings. The van der Waals surface area contributed by atoms with Gasteiger partial charge in [-0.2, -0.15) is 0 Å². The van der Waals surface area contributed by atoms with Crippen molar-refractivity contribution in [2.75, 3.05) is 11.1 Å². The van der Waals surface area contributed by atoms with Crippen LogP contribution in [0.1, 0.15) is 16.1 Å². The number of hydrogen-bond acceptors (Lipinski definition) is 3. The Hall–Kier alpha value is -1.59. The fourth-order valence-electron chi connectivity index (χ4n) is 1.54. The molecule has 98 valence electrons. The summed E-state index contributed by atoms with van der Waals surface area (Å²) in [6, 6.07) is 8.37. The zero-order valence-corrected chi connectivity index (χ0v) is 12.4. The van der Waals surface area contributed by atoms with Crippen LogP contribution >= 0.6 is 27.5 Å². The van der Waals surface area contributed by atoms with Gasteiger partial charge in [0, 0.05) is 15.7 Å². The van der Waals surface area contributed by atoms with Crippen molar-refractivity contribution in [2.24, 2.45) is 0 Å². The van der Waals surface area contributed by atoms with E-state index in [1.807, 2.05) is 0 Å². The van der Waals surface area contributed by atoms with Crippen molar-refractivity contribution in [3.05, 3.63) is 51.2 Å². The van der Waals surface area contributed by atoms with Gasteiger partial charge in [0.2, 0.25) is 0 Å². The van der Waals surface area contributed by atoms with E-state index in [0.717, 1.165) is 4.47 Å². The molecule has 4 nitrogen and oxygen atoms in total. The summed E-state index contributed by atoms with van der Waals surface area (Å²) in [7, 11) is 0. The van der Waals surface area contributed by atoms with E-state index in [-0.39, 0.29) is 5.91 Å². The summed E-state index contributed by atoms with van der Waals surface area (Å²) in [4.78, 5) is 16.1. The summed E-state index contributed by atoms with van der Waals surface area (Å²) in [5.41, 5.74) is 8.02. The Morgan fingerprint density at radius 3 is 2.74 bits per heavy atom. The average molecular weight is 341 g/mol. The van der Waals surface area contributed by atoms with Crippen LogP contribution in [0.5, 0.6) is 0 Å². The van der Waals surface area contributed by atoms with Crippen LogP contribution in [0.25, 0.3) is 0 Å². The molecule has 2 rings (SSSR count). The summed E-state index contributed by atoms with van der Waals surface area (Å²) in [6.07, 6.45) is 0. The highest BCUT2D eigenvalue weighted by Gasteiger charge is 2.10. The summed E-state index contributed by atoms with van der Waals surface area (Å²) >= 11 is 9.05. The van der Waals surface area contributed by atoms with E-state index >= 15 is 0 Å². The van der Waals surface area contributed by atoms with E-state index in [0.29, 0.717) is 27.8 Å². The first-order valence-corrected chi connectivity index (χ1v) is 6.64. The minimum atomic E-state index is -0.244. The molecule has 3 N–H and O–H groups in total. The predicted molar refractivity (Wildman–Crippen MR) is 80.5 cm³/mol. The maximum absolute atomic E-state index is 12.1. The number of rotatable bonds is 2. The van der Waals surface area contributed by atoms with Gasteiger partial charge in [-0.05, 0) is 53.2 Å². The lowest BCUT2D eigenvalue weighted by Gasteiger charge is -2.08. The maximum atomic E-state index is 12.1. The Bertz CT molecular complexity index is 646. The number of aromatic nitrogens is 1. The topological polar surface area (TPSA) is 68.0 Å². The number of nitrogens with one attached hydrogen (secondary N) is 1. The Kier molecular flexibility index (Phi) is 4.07. The van der Waals surface area contributed by atoms with E-state index < -0.39 is 0 Å². The van der Waals surface area contributed by atoms with Crippen LogP contribution in [-0.2, 0) is 0 Å². The number of nitrogens with two attached hydrogens (primary N) is 1. The molecule has 1 aromatic carbocycles. The minimum Gasteiger partial charge on any atom is -0.398 e. The first-order valence-electron chi connectivity index (χ1n) is 5.47. The highest BCUT2D eigenvalue weighted by molar-refractivity contribution is 9.10. The molecule has 0 aliphatic carbocycles. The summed E-state index contributed by atoms with van der Waals surface area (Å²) in [5.74, 6) is -0.244. The monoisotopic (exact) mass is 339 g/mol. The number of carbonyl (C=O) groups is 1. The van der Waals surface area contributed by atoms with Gasteiger partial charge in [-0.3, -0.25) is 4.79 Å². The second-order valence-corrected chi connectivity index (χ2v) is 5.20. The Labute approximate surface area is 124 Å². The first kappa shape index (κ1) is 13.8. The van der Waals surface area contributed by atoms with Crippen LogP contribution in [0.2, 0.25) is 5.15 Å². The second kappa shape index (κ2) is 5.59. The number of nitrogen functional groups attached to an aromatic ring is 1. The van der Waals surface area contributed by atoms with Crippen molar-refractivity contribution in [1.29, 1.82) is 0 Å². The number of anilines is 2. The van der Waals surface area contributed by atoms with Crippen LogP contribution in [0.15, 0.2) is 34.8 Å². The van der Waals surface area contributed by atoms with Crippen LogP contribution in [0, 0.1) is 6.92 Å². The molecule has 6 heteroatoms. The summed E-state index contributed by atoms with van der Waals surface area (Å²) < 4.78 is 0.758. The molecule has 1 amide bonds. The van der Waals surface area contributed by atoms with E-state index in [4.69, 9.17) is 17.3 Å². The third-order valence-corrected chi connectivity index (χ3v) is 3.49. The number of benzene rings is 1. The average Bonchev–Trinajstić information content (AvgIpc) is 2.36. The van der Waals surface area contributed by atoms with Crippen LogP contribution in [0.3, 0.4) is 0 Å². The van der Waals surface area contributed by atoms with E-state index in [2.05, 4.69) is 26.2 Å². The molecule has 0 bridgehead atoms. The zero-order valence-electron chi connectivity index (χ0n) is 10.1. The van der Waals surface area contributed by atoms with E-state index in [1.165, 1.54) is 0 Å². The van der Waals surface area contributed by atoms with Crippen LogP contribution in [-0.4, -0.2) is 10.9 Å². The Morgan fingerprint density at radius 2 is 2.11 bits per heavy atom. The number of pyridine rings is 1. The van der Waals surface area contributed by atoms with Gasteiger partial charge in [0.05, 0.1) is 11.4 Å². The Balaban J connectivity index is 2.23.